The highest BCUT2D eigenvalue weighted by Gasteiger charge is 2.34. The summed E-state index contributed by atoms with van der Waals surface area (Å²) in [4.78, 5) is 10.8. The van der Waals surface area contributed by atoms with Crippen LogP contribution in [0.3, 0.4) is 0 Å². The van der Waals surface area contributed by atoms with Gasteiger partial charge in [0.15, 0.2) is 5.13 Å². The summed E-state index contributed by atoms with van der Waals surface area (Å²) in [6.45, 7) is 5.60. The third-order valence-electron chi connectivity index (χ3n) is 4.58. The zero-order valence-corrected chi connectivity index (χ0v) is 12.7. The van der Waals surface area contributed by atoms with Crippen LogP contribution in [-0.2, 0) is 0 Å². The van der Waals surface area contributed by atoms with Crippen molar-refractivity contribution in [2.75, 3.05) is 31.6 Å². The fourth-order valence-electron chi connectivity index (χ4n) is 3.46. The minimum Gasteiger partial charge on any atom is -0.348 e. The van der Waals surface area contributed by atoms with E-state index in [2.05, 4.69) is 21.8 Å². The smallest absolute Gasteiger partial charge is 0.185 e. The molecule has 0 saturated carbocycles. The Labute approximate surface area is 119 Å². The lowest BCUT2D eigenvalue weighted by Crippen LogP contribution is -2.52. The minimum absolute atomic E-state index is 0.101. The maximum absolute atomic E-state index is 5.93. The molecule has 3 atom stereocenters. The summed E-state index contributed by atoms with van der Waals surface area (Å²) in [6, 6.07) is 0.891. The zero-order chi connectivity index (χ0) is 13.4. The molecule has 106 valence electrons. The summed E-state index contributed by atoms with van der Waals surface area (Å²) >= 11 is 1.76. The van der Waals surface area contributed by atoms with Gasteiger partial charge in [-0.2, -0.15) is 0 Å². The van der Waals surface area contributed by atoms with E-state index in [1.165, 1.54) is 42.4 Å². The molecule has 3 unspecified atom stereocenters. The normalized spacial score (nSPS) is 30.2. The molecule has 4 nitrogen and oxygen atoms in total. The number of hydrogen-bond donors (Lipinski definition) is 1. The number of likely N-dealkylation sites (tertiary alicyclic amines) is 1. The van der Waals surface area contributed by atoms with Gasteiger partial charge in [0, 0.05) is 36.2 Å². The monoisotopic (exact) mass is 280 g/mol. The fraction of sp³-hybridized carbons (Fsp3) is 0.786. The third kappa shape index (κ3) is 2.64. The van der Waals surface area contributed by atoms with Crippen LogP contribution in [-0.4, -0.2) is 42.6 Å². The molecule has 2 aliphatic heterocycles. The Kier molecular flexibility index (Phi) is 3.78. The lowest BCUT2D eigenvalue weighted by Gasteiger charge is -2.45. The number of nitrogens with zero attached hydrogens (tertiary/aromatic N) is 3. The highest BCUT2D eigenvalue weighted by molar-refractivity contribution is 7.15. The quantitative estimate of drug-likeness (QED) is 0.901. The van der Waals surface area contributed by atoms with Gasteiger partial charge in [0.25, 0.3) is 0 Å². The standard InChI is InChI=1S/C14H24N4S/c1-10(15)13-8-16-14(19-13)18-7-5-12-11(9-18)4-3-6-17(12)2/h8,10-12H,3-7,9,15H2,1-2H3. The second-order valence-corrected chi connectivity index (χ2v) is 7.06. The maximum atomic E-state index is 5.93. The molecule has 0 aromatic carbocycles. The first-order chi connectivity index (χ1) is 9.15. The van der Waals surface area contributed by atoms with Gasteiger partial charge in [-0.05, 0) is 45.7 Å². The van der Waals surface area contributed by atoms with Crippen molar-refractivity contribution in [1.82, 2.24) is 9.88 Å². The third-order valence-corrected chi connectivity index (χ3v) is 5.84. The summed E-state index contributed by atoms with van der Waals surface area (Å²) in [5.41, 5.74) is 5.93. The molecule has 0 radical (unpaired) electrons. The fourth-order valence-corrected chi connectivity index (χ4v) is 4.36. The number of aromatic nitrogens is 1. The highest BCUT2D eigenvalue weighted by atomic mass is 32.1. The van der Waals surface area contributed by atoms with Crippen molar-refractivity contribution in [3.05, 3.63) is 11.1 Å². The number of piperidine rings is 2. The first kappa shape index (κ1) is 13.3. The van der Waals surface area contributed by atoms with E-state index >= 15 is 0 Å². The molecule has 1 aromatic rings. The Morgan fingerprint density at radius 3 is 3.00 bits per heavy atom. The van der Waals surface area contributed by atoms with Crippen molar-refractivity contribution in [3.8, 4) is 0 Å². The summed E-state index contributed by atoms with van der Waals surface area (Å²) in [5.74, 6) is 0.815. The Balaban J connectivity index is 1.70. The van der Waals surface area contributed by atoms with E-state index in [-0.39, 0.29) is 6.04 Å². The van der Waals surface area contributed by atoms with Crippen molar-refractivity contribution in [2.45, 2.75) is 38.3 Å². The predicted molar refractivity (Wildman–Crippen MR) is 80.7 cm³/mol. The SMILES string of the molecule is CC(N)c1cnc(N2CCC3C(CCCN3C)C2)s1. The molecular weight excluding hydrogens is 256 g/mol. The molecule has 19 heavy (non-hydrogen) atoms. The Bertz CT molecular complexity index is 431. The topological polar surface area (TPSA) is 45.4 Å². The predicted octanol–water partition coefficient (Wildman–Crippen LogP) is 2.08. The van der Waals surface area contributed by atoms with Crippen molar-refractivity contribution in [1.29, 1.82) is 0 Å². The van der Waals surface area contributed by atoms with Crippen molar-refractivity contribution in [3.63, 3.8) is 0 Å². The van der Waals surface area contributed by atoms with Gasteiger partial charge in [-0.1, -0.05) is 0 Å². The van der Waals surface area contributed by atoms with E-state index in [4.69, 9.17) is 5.73 Å². The van der Waals surface area contributed by atoms with Crippen LogP contribution in [0.1, 0.15) is 37.1 Å². The van der Waals surface area contributed by atoms with Gasteiger partial charge in [-0.3, -0.25) is 0 Å². The van der Waals surface area contributed by atoms with E-state index in [0.717, 1.165) is 18.5 Å². The van der Waals surface area contributed by atoms with Gasteiger partial charge in [-0.25, -0.2) is 4.98 Å². The van der Waals surface area contributed by atoms with E-state index in [1.54, 1.807) is 11.3 Å². The van der Waals surface area contributed by atoms with Gasteiger partial charge < -0.3 is 15.5 Å². The lowest BCUT2D eigenvalue weighted by atomic mass is 9.84. The molecule has 0 spiro atoms. The van der Waals surface area contributed by atoms with Crippen LogP contribution >= 0.6 is 11.3 Å². The Morgan fingerprint density at radius 2 is 2.26 bits per heavy atom. The molecule has 2 aliphatic rings. The van der Waals surface area contributed by atoms with Crippen LogP contribution in [0.25, 0.3) is 0 Å². The van der Waals surface area contributed by atoms with Gasteiger partial charge >= 0.3 is 0 Å². The molecule has 0 bridgehead atoms. The van der Waals surface area contributed by atoms with Gasteiger partial charge in [0.05, 0.1) is 0 Å². The van der Waals surface area contributed by atoms with Crippen LogP contribution in [0.15, 0.2) is 6.20 Å². The molecular formula is C14H24N4S. The lowest BCUT2D eigenvalue weighted by molar-refractivity contribution is 0.102. The molecule has 0 aliphatic carbocycles. The number of thiazole rings is 1. The maximum Gasteiger partial charge on any atom is 0.185 e. The van der Waals surface area contributed by atoms with Crippen LogP contribution in [0.2, 0.25) is 0 Å². The van der Waals surface area contributed by atoms with Gasteiger partial charge in [-0.15, -0.1) is 11.3 Å². The number of rotatable bonds is 2. The summed E-state index contributed by atoms with van der Waals surface area (Å²) in [5, 5.41) is 1.17. The Hall–Kier alpha value is -0.650. The molecule has 3 rings (SSSR count). The van der Waals surface area contributed by atoms with Crippen molar-refractivity contribution in [2.24, 2.45) is 11.7 Å². The second kappa shape index (κ2) is 5.38. The van der Waals surface area contributed by atoms with Crippen molar-refractivity contribution >= 4 is 16.5 Å². The van der Waals surface area contributed by atoms with E-state index < -0.39 is 0 Å². The van der Waals surface area contributed by atoms with Crippen LogP contribution < -0.4 is 10.6 Å². The summed E-state index contributed by atoms with van der Waals surface area (Å²) < 4.78 is 0. The minimum atomic E-state index is 0.101. The average Bonchev–Trinajstić information content (AvgIpc) is 2.88. The zero-order valence-electron chi connectivity index (χ0n) is 11.9. The molecule has 2 fully saturated rings. The molecule has 3 heterocycles. The molecule has 5 heteroatoms. The first-order valence-electron chi connectivity index (χ1n) is 7.31. The number of anilines is 1. The highest BCUT2D eigenvalue weighted by Crippen LogP contribution is 2.34. The second-order valence-electron chi connectivity index (χ2n) is 6.02. The summed E-state index contributed by atoms with van der Waals surface area (Å²) in [7, 11) is 2.28. The van der Waals surface area contributed by atoms with Crippen LogP contribution in [0, 0.1) is 5.92 Å². The molecule has 2 saturated heterocycles. The molecule has 1 aromatic heterocycles. The number of fused-ring (bicyclic) bond motifs is 1. The van der Waals surface area contributed by atoms with Gasteiger partial charge in [0.2, 0.25) is 0 Å². The summed E-state index contributed by atoms with van der Waals surface area (Å²) in [6.07, 6.45) is 5.93. The Morgan fingerprint density at radius 1 is 1.42 bits per heavy atom. The number of nitrogens with two attached hydrogens (primary N) is 1. The number of hydrogen-bond acceptors (Lipinski definition) is 5. The molecule has 0 amide bonds. The first-order valence-corrected chi connectivity index (χ1v) is 8.13. The van der Waals surface area contributed by atoms with E-state index in [0.29, 0.717) is 0 Å². The largest absolute Gasteiger partial charge is 0.348 e. The van der Waals surface area contributed by atoms with Crippen LogP contribution in [0.4, 0.5) is 5.13 Å². The average molecular weight is 280 g/mol. The van der Waals surface area contributed by atoms with Crippen LogP contribution in [0.5, 0.6) is 0 Å². The van der Waals surface area contributed by atoms with Crippen molar-refractivity contribution < 1.29 is 0 Å². The molecule has 2 N–H and O–H groups in total. The van der Waals surface area contributed by atoms with E-state index in [9.17, 15) is 0 Å². The van der Waals surface area contributed by atoms with E-state index in [1.807, 2.05) is 13.1 Å². The van der Waals surface area contributed by atoms with Gasteiger partial charge in [0.1, 0.15) is 0 Å².